The number of nitrogens with one attached hydrogen (secondary N) is 2. The highest BCUT2D eigenvalue weighted by atomic mass is 79.9. The van der Waals surface area contributed by atoms with Gasteiger partial charge in [-0.05, 0) is 47.9 Å². The lowest BCUT2D eigenvalue weighted by atomic mass is 9.95. The lowest BCUT2D eigenvalue weighted by Crippen LogP contribution is -2.27. The van der Waals surface area contributed by atoms with Crippen LogP contribution in [0.5, 0.6) is 0 Å². The van der Waals surface area contributed by atoms with Gasteiger partial charge < -0.3 is 10.7 Å². The molecule has 0 aromatic carbocycles. The van der Waals surface area contributed by atoms with Crippen molar-refractivity contribution < 1.29 is 0 Å². The Morgan fingerprint density at radius 3 is 2.56 bits per heavy atom. The number of rotatable bonds is 4. The quantitative estimate of drug-likeness (QED) is 0.581. The molecule has 0 radical (unpaired) electrons. The SMILES string of the molecule is CSC1CCC(Nc2ncnc(NN)c2Br)CC1. The molecule has 4 N–H and O–H groups in total. The lowest BCUT2D eigenvalue weighted by molar-refractivity contribution is 0.472. The van der Waals surface area contributed by atoms with Crippen molar-refractivity contribution in [1.82, 2.24) is 9.97 Å². The summed E-state index contributed by atoms with van der Waals surface area (Å²) in [4.78, 5) is 8.29. The highest BCUT2D eigenvalue weighted by molar-refractivity contribution is 9.10. The Kier molecular flexibility index (Phi) is 5.08. The summed E-state index contributed by atoms with van der Waals surface area (Å²) in [5, 5.41) is 4.28. The van der Waals surface area contributed by atoms with Crippen molar-refractivity contribution in [3.8, 4) is 0 Å². The molecule has 5 nitrogen and oxygen atoms in total. The van der Waals surface area contributed by atoms with Crippen molar-refractivity contribution in [3.05, 3.63) is 10.8 Å². The molecule has 1 aromatic rings. The van der Waals surface area contributed by atoms with Crippen LogP contribution < -0.4 is 16.6 Å². The summed E-state index contributed by atoms with van der Waals surface area (Å²) in [6.45, 7) is 0. The first-order valence-electron chi connectivity index (χ1n) is 6.01. The molecule has 0 bridgehead atoms. The zero-order valence-corrected chi connectivity index (χ0v) is 12.7. The van der Waals surface area contributed by atoms with Crippen LogP contribution in [0.15, 0.2) is 10.8 Å². The molecule has 1 aromatic heterocycles. The van der Waals surface area contributed by atoms with Gasteiger partial charge in [-0.3, -0.25) is 0 Å². The topological polar surface area (TPSA) is 75.9 Å². The van der Waals surface area contributed by atoms with Crippen LogP contribution in [0.2, 0.25) is 0 Å². The molecule has 0 atom stereocenters. The molecule has 7 heteroatoms. The third-order valence-corrected chi connectivity index (χ3v) is 5.16. The van der Waals surface area contributed by atoms with Crippen molar-refractivity contribution in [2.24, 2.45) is 5.84 Å². The fourth-order valence-corrected chi connectivity index (χ4v) is 3.38. The van der Waals surface area contributed by atoms with Crippen LogP contribution in [0.3, 0.4) is 0 Å². The Morgan fingerprint density at radius 2 is 1.94 bits per heavy atom. The summed E-state index contributed by atoms with van der Waals surface area (Å²) in [5.41, 5.74) is 2.55. The van der Waals surface area contributed by atoms with Gasteiger partial charge in [0.1, 0.15) is 16.6 Å². The van der Waals surface area contributed by atoms with Crippen LogP contribution in [-0.4, -0.2) is 27.5 Å². The summed E-state index contributed by atoms with van der Waals surface area (Å²) in [6.07, 6.45) is 8.61. The summed E-state index contributed by atoms with van der Waals surface area (Å²) < 4.78 is 0.791. The van der Waals surface area contributed by atoms with E-state index in [0.717, 1.165) is 15.5 Å². The van der Waals surface area contributed by atoms with Gasteiger partial charge in [-0.1, -0.05) is 0 Å². The molecule has 18 heavy (non-hydrogen) atoms. The second-order valence-electron chi connectivity index (χ2n) is 4.38. The monoisotopic (exact) mass is 331 g/mol. The smallest absolute Gasteiger partial charge is 0.159 e. The van der Waals surface area contributed by atoms with Crippen LogP contribution >= 0.6 is 27.7 Å². The third-order valence-electron chi connectivity index (χ3n) is 3.27. The standard InChI is InChI=1S/C11H18BrN5S/c1-18-8-4-2-7(3-5-8)16-10-9(12)11(17-13)15-6-14-10/h6-8H,2-5,13H2,1H3,(H2,14,15,16,17). The number of hydrogen-bond donors (Lipinski definition) is 3. The van der Waals surface area contributed by atoms with Crippen LogP contribution in [0.25, 0.3) is 0 Å². The Balaban J connectivity index is 1.98. The molecule has 0 unspecified atom stereocenters. The number of nitrogens with two attached hydrogens (primary N) is 1. The first-order chi connectivity index (χ1) is 8.74. The van der Waals surface area contributed by atoms with Gasteiger partial charge in [0.05, 0.1) is 0 Å². The van der Waals surface area contributed by atoms with E-state index in [1.54, 1.807) is 0 Å². The van der Waals surface area contributed by atoms with E-state index in [1.165, 1.54) is 32.0 Å². The van der Waals surface area contributed by atoms with E-state index in [0.29, 0.717) is 11.9 Å². The van der Waals surface area contributed by atoms with Crippen LogP contribution in [0, 0.1) is 0 Å². The first kappa shape index (κ1) is 13.9. The molecule has 1 fully saturated rings. The summed E-state index contributed by atoms with van der Waals surface area (Å²) in [7, 11) is 0. The average Bonchev–Trinajstić information content (AvgIpc) is 2.42. The minimum atomic E-state index is 0.491. The second kappa shape index (κ2) is 6.58. The number of hydrazine groups is 1. The highest BCUT2D eigenvalue weighted by Gasteiger charge is 2.21. The molecular formula is C11H18BrN5S. The number of aromatic nitrogens is 2. The lowest BCUT2D eigenvalue weighted by Gasteiger charge is -2.28. The molecule has 0 saturated heterocycles. The largest absolute Gasteiger partial charge is 0.366 e. The van der Waals surface area contributed by atoms with Crippen molar-refractivity contribution in [3.63, 3.8) is 0 Å². The van der Waals surface area contributed by atoms with E-state index in [-0.39, 0.29) is 0 Å². The molecule has 0 aliphatic heterocycles. The Hall–Kier alpha value is -0.530. The van der Waals surface area contributed by atoms with Gasteiger partial charge in [-0.2, -0.15) is 11.8 Å². The number of halogens is 1. The highest BCUT2D eigenvalue weighted by Crippen LogP contribution is 2.31. The zero-order valence-electron chi connectivity index (χ0n) is 10.3. The van der Waals surface area contributed by atoms with E-state index < -0.39 is 0 Å². The van der Waals surface area contributed by atoms with Crippen molar-refractivity contribution in [1.29, 1.82) is 0 Å². The zero-order chi connectivity index (χ0) is 13.0. The maximum absolute atomic E-state index is 5.39. The van der Waals surface area contributed by atoms with Crippen LogP contribution in [0.4, 0.5) is 11.6 Å². The molecule has 1 aliphatic rings. The minimum Gasteiger partial charge on any atom is -0.366 e. The van der Waals surface area contributed by atoms with Crippen LogP contribution in [-0.2, 0) is 0 Å². The van der Waals surface area contributed by atoms with Crippen molar-refractivity contribution in [2.75, 3.05) is 17.0 Å². The summed E-state index contributed by atoms with van der Waals surface area (Å²) in [5.74, 6) is 6.80. The Morgan fingerprint density at radius 1 is 1.28 bits per heavy atom. The normalized spacial score (nSPS) is 23.7. The number of thioether (sulfide) groups is 1. The predicted molar refractivity (Wildman–Crippen MR) is 80.7 cm³/mol. The van der Waals surface area contributed by atoms with Crippen molar-refractivity contribution >= 4 is 39.3 Å². The number of nitrogen functional groups attached to an aromatic ring is 1. The van der Waals surface area contributed by atoms with Gasteiger partial charge in [0.25, 0.3) is 0 Å². The third kappa shape index (κ3) is 3.27. The first-order valence-corrected chi connectivity index (χ1v) is 8.09. The molecular weight excluding hydrogens is 314 g/mol. The summed E-state index contributed by atoms with van der Waals surface area (Å²) >= 11 is 5.43. The summed E-state index contributed by atoms with van der Waals surface area (Å²) in [6, 6.07) is 0.491. The molecule has 1 heterocycles. The molecule has 1 aliphatic carbocycles. The Bertz CT molecular complexity index is 395. The van der Waals surface area contributed by atoms with E-state index in [2.05, 4.69) is 42.9 Å². The maximum atomic E-state index is 5.39. The average molecular weight is 332 g/mol. The number of hydrogen-bond acceptors (Lipinski definition) is 6. The minimum absolute atomic E-state index is 0.491. The van der Waals surface area contributed by atoms with Gasteiger partial charge in [-0.15, -0.1) is 0 Å². The fraction of sp³-hybridized carbons (Fsp3) is 0.636. The van der Waals surface area contributed by atoms with E-state index in [9.17, 15) is 0 Å². The molecule has 1 saturated carbocycles. The van der Waals surface area contributed by atoms with Crippen LogP contribution in [0.1, 0.15) is 25.7 Å². The number of anilines is 2. The molecule has 0 amide bonds. The van der Waals surface area contributed by atoms with Gasteiger partial charge >= 0.3 is 0 Å². The Labute approximate surface area is 120 Å². The van der Waals surface area contributed by atoms with E-state index in [1.807, 2.05) is 11.8 Å². The molecule has 0 spiro atoms. The number of nitrogens with zero attached hydrogens (tertiary/aromatic N) is 2. The van der Waals surface area contributed by atoms with E-state index in [4.69, 9.17) is 5.84 Å². The molecule has 2 rings (SSSR count). The van der Waals surface area contributed by atoms with E-state index >= 15 is 0 Å². The van der Waals surface area contributed by atoms with Gasteiger partial charge in [0, 0.05) is 11.3 Å². The second-order valence-corrected chi connectivity index (χ2v) is 6.31. The van der Waals surface area contributed by atoms with Gasteiger partial charge in [0.15, 0.2) is 5.82 Å². The van der Waals surface area contributed by atoms with Gasteiger partial charge in [-0.25, -0.2) is 15.8 Å². The van der Waals surface area contributed by atoms with Crippen molar-refractivity contribution in [2.45, 2.75) is 37.0 Å². The maximum Gasteiger partial charge on any atom is 0.159 e. The molecule has 100 valence electrons. The fourth-order valence-electron chi connectivity index (χ4n) is 2.21. The predicted octanol–water partition coefficient (Wildman–Crippen LogP) is 2.61. The van der Waals surface area contributed by atoms with Gasteiger partial charge in [0.2, 0.25) is 0 Å².